The summed E-state index contributed by atoms with van der Waals surface area (Å²) in [6.45, 7) is 8.84. The van der Waals surface area contributed by atoms with Crippen LogP contribution in [0.4, 0.5) is 4.79 Å². The van der Waals surface area contributed by atoms with Crippen LogP contribution in [0.5, 0.6) is 0 Å². The second-order valence-corrected chi connectivity index (χ2v) is 7.72. The Bertz CT molecular complexity index is 577. The fourth-order valence-corrected chi connectivity index (χ4v) is 2.30. The molecule has 26 heavy (non-hydrogen) atoms. The fraction of sp³-hybridized carbons (Fsp3) is 0.524. The van der Waals surface area contributed by atoms with Gasteiger partial charge in [0, 0.05) is 6.54 Å². The Balaban J connectivity index is 2.17. The predicted octanol–water partition coefficient (Wildman–Crippen LogP) is 4.74. The van der Waals surface area contributed by atoms with Crippen LogP contribution in [0.3, 0.4) is 0 Å². The minimum absolute atomic E-state index is 0.342. The fourth-order valence-electron chi connectivity index (χ4n) is 2.30. The maximum atomic E-state index is 11.9. The summed E-state index contributed by atoms with van der Waals surface area (Å²) in [6.07, 6.45) is 7.62. The number of carbonyl (C=O) groups excluding carboxylic acids is 2. The van der Waals surface area contributed by atoms with Crippen molar-refractivity contribution in [2.45, 2.75) is 59.9 Å². The normalized spacial score (nSPS) is 12.6. The van der Waals surface area contributed by atoms with Gasteiger partial charge in [-0.2, -0.15) is 5.48 Å². The van der Waals surface area contributed by atoms with Crippen LogP contribution in [0.25, 0.3) is 0 Å². The lowest BCUT2D eigenvalue weighted by molar-refractivity contribution is -0.131. The number of hydrogen-bond acceptors (Lipinski definition) is 3. The van der Waals surface area contributed by atoms with Gasteiger partial charge in [-0.25, -0.2) is 4.79 Å². The number of rotatable bonds is 8. The van der Waals surface area contributed by atoms with Gasteiger partial charge in [0.15, 0.2) is 0 Å². The molecule has 0 aliphatic rings. The third-order valence-electron chi connectivity index (χ3n) is 3.91. The van der Waals surface area contributed by atoms with Gasteiger partial charge in [0.2, 0.25) is 0 Å². The molecule has 1 atom stereocenters. The molecule has 0 heterocycles. The summed E-state index contributed by atoms with van der Waals surface area (Å²) >= 11 is 0. The lowest BCUT2D eigenvalue weighted by atomic mass is 9.89. The Morgan fingerprint density at radius 2 is 1.85 bits per heavy atom. The van der Waals surface area contributed by atoms with Crippen LogP contribution in [0.2, 0.25) is 0 Å². The summed E-state index contributed by atoms with van der Waals surface area (Å²) in [7, 11) is 0. The van der Waals surface area contributed by atoms with Crippen molar-refractivity contribution in [2.24, 2.45) is 11.3 Å². The molecule has 0 spiro atoms. The maximum absolute atomic E-state index is 11.9. The van der Waals surface area contributed by atoms with Crippen molar-refractivity contribution in [2.75, 3.05) is 0 Å². The molecule has 0 aliphatic heterocycles. The number of hydroxylamine groups is 1. The van der Waals surface area contributed by atoms with E-state index in [9.17, 15) is 9.59 Å². The van der Waals surface area contributed by atoms with E-state index in [1.165, 1.54) is 12.8 Å². The molecule has 0 aliphatic carbocycles. The van der Waals surface area contributed by atoms with E-state index in [0.717, 1.165) is 18.4 Å². The van der Waals surface area contributed by atoms with Crippen molar-refractivity contribution in [3.63, 3.8) is 0 Å². The molecule has 1 aromatic rings. The molecule has 0 radical (unpaired) electrons. The van der Waals surface area contributed by atoms with Gasteiger partial charge in [0.05, 0.1) is 5.92 Å². The van der Waals surface area contributed by atoms with Gasteiger partial charge in [-0.15, -0.1) is 0 Å². The molecule has 5 nitrogen and oxygen atoms in total. The highest BCUT2D eigenvalue weighted by Crippen LogP contribution is 2.22. The van der Waals surface area contributed by atoms with Crippen LogP contribution >= 0.6 is 0 Å². The number of benzene rings is 1. The zero-order valence-corrected chi connectivity index (χ0v) is 16.4. The Morgan fingerprint density at radius 1 is 1.15 bits per heavy atom. The van der Waals surface area contributed by atoms with Gasteiger partial charge in [0.1, 0.15) is 0 Å². The number of hydrogen-bond donors (Lipinski definition) is 2. The zero-order chi connectivity index (χ0) is 19.4. The van der Waals surface area contributed by atoms with E-state index in [2.05, 4.69) is 31.6 Å². The number of carbonyl (C=O) groups is 2. The van der Waals surface area contributed by atoms with Gasteiger partial charge in [-0.05, 0) is 37.2 Å². The third kappa shape index (κ3) is 10.5. The van der Waals surface area contributed by atoms with Crippen molar-refractivity contribution in [1.29, 1.82) is 0 Å². The van der Waals surface area contributed by atoms with Crippen molar-refractivity contribution in [1.82, 2.24) is 10.8 Å². The molecule has 0 saturated carbocycles. The second-order valence-electron chi connectivity index (χ2n) is 7.72. The Kier molecular flexibility index (Phi) is 9.48. The first-order valence-corrected chi connectivity index (χ1v) is 9.23. The van der Waals surface area contributed by atoms with E-state index in [1.807, 2.05) is 42.5 Å². The average Bonchev–Trinajstić information content (AvgIpc) is 2.60. The molecule has 0 bridgehead atoms. The standard InChI is InChI=1S/C21H32N2O3/c1-17(12-8-5-6-11-15-21(2,3)4)19(24)23-26-20(25)22-16-18-13-9-7-10-14-18/h7-10,12-14,17H,5-6,11,15-16H2,1-4H3,(H,22,25)(H,23,24). The monoisotopic (exact) mass is 360 g/mol. The van der Waals surface area contributed by atoms with Gasteiger partial charge in [-0.1, -0.05) is 69.7 Å². The van der Waals surface area contributed by atoms with Crippen LogP contribution in [0, 0.1) is 11.3 Å². The summed E-state index contributed by atoms with van der Waals surface area (Å²) in [5.41, 5.74) is 3.52. The van der Waals surface area contributed by atoms with Gasteiger partial charge in [0.25, 0.3) is 5.91 Å². The molecule has 5 heteroatoms. The highest BCUT2D eigenvalue weighted by Gasteiger charge is 2.12. The summed E-state index contributed by atoms with van der Waals surface area (Å²) in [6, 6.07) is 9.48. The lowest BCUT2D eigenvalue weighted by Gasteiger charge is -2.17. The van der Waals surface area contributed by atoms with Crippen LogP contribution in [-0.4, -0.2) is 12.0 Å². The molecule has 0 aromatic heterocycles. The number of unbranched alkanes of at least 4 members (excludes halogenated alkanes) is 2. The van der Waals surface area contributed by atoms with Crippen molar-refractivity contribution in [3.05, 3.63) is 48.0 Å². The van der Waals surface area contributed by atoms with E-state index < -0.39 is 6.09 Å². The van der Waals surface area contributed by atoms with E-state index in [1.54, 1.807) is 6.92 Å². The Morgan fingerprint density at radius 3 is 2.50 bits per heavy atom. The SMILES string of the molecule is CC(C=CCCCCC(C)(C)C)C(=O)NOC(=O)NCc1ccccc1. The molecule has 2 amide bonds. The van der Waals surface area contributed by atoms with E-state index in [4.69, 9.17) is 4.84 Å². The van der Waals surface area contributed by atoms with Crippen LogP contribution in [0.15, 0.2) is 42.5 Å². The largest absolute Gasteiger partial charge is 0.431 e. The minimum atomic E-state index is -0.680. The highest BCUT2D eigenvalue weighted by atomic mass is 16.7. The first-order chi connectivity index (χ1) is 12.3. The summed E-state index contributed by atoms with van der Waals surface area (Å²) < 4.78 is 0. The summed E-state index contributed by atoms with van der Waals surface area (Å²) in [5, 5.41) is 2.58. The van der Waals surface area contributed by atoms with Crippen molar-refractivity contribution >= 4 is 12.0 Å². The molecule has 0 fully saturated rings. The first kappa shape index (κ1) is 21.7. The molecule has 2 N–H and O–H groups in total. The smallest absolute Gasteiger partial charge is 0.322 e. The molecular weight excluding hydrogens is 328 g/mol. The second kappa shape index (κ2) is 11.3. The lowest BCUT2D eigenvalue weighted by Crippen LogP contribution is -2.35. The van der Waals surface area contributed by atoms with E-state index >= 15 is 0 Å². The number of nitrogens with one attached hydrogen (secondary N) is 2. The Hall–Kier alpha value is -2.30. The van der Waals surface area contributed by atoms with Gasteiger partial charge >= 0.3 is 6.09 Å². The van der Waals surface area contributed by atoms with Gasteiger partial charge in [-0.3, -0.25) is 4.79 Å². The first-order valence-electron chi connectivity index (χ1n) is 9.23. The summed E-state index contributed by atoms with van der Waals surface area (Å²) in [4.78, 5) is 28.2. The molecule has 144 valence electrons. The zero-order valence-electron chi connectivity index (χ0n) is 16.4. The van der Waals surface area contributed by atoms with Crippen LogP contribution < -0.4 is 10.8 Å². The molecule has 0 saturated heterocycles. The summed E-state index contributed by atoms with van der Waals surface area (Å²) in [5.74, 6) is -0.689. The van der Waals surface area contributed by atoms with Crippen molar-refractivity contribution in [3.8, 4) is 0 Å². The highest BCUT2D eigenvalue weighted by molar-refractivity contribution is 5.80. The molecule has 1 unspecified atom stereocenters. The topological polar surface area (TPSA) is 67.4 Å². The molecular formula is C21H32N2O3. The van der Waals surface area contributed by atoms with E-state index in [-0.39, 0.29) is 11.8 Å². The predicted molar refractivity (Wildman–Crippen MR) is 104 cm³/mol. The quantitative estimate of drug-likeness (QED) is 0.400. The Labute approximate surface area is 157 Å². The average molecular weight is 360 g/mol. The van der Waals surface area contributed by atoms with Crippen LogP contribution in [0.1, 0.15) is 58.9 Å². The number of allylic oxidation sites excluding steroid dienone is 1. The third-order valence-corrected chi connectivity index (χ3v) is 3.91. The molecule has 1 rings (SSSR count). The maximum Gasteiger partial charge on any atom is 0.431 e. The minimum Gasteiger partial charge on any atom is -0.322 e. The van der Waals surface area contributed by atoms with Gasteiger partial charge < -0.3 is 10.2 Å². The molecule has 1 aromatic carbocycles. The van der Waals surface area contributed by atoms with Crippen LogP contribution in [-0.2, 0) is 16.2 Å². The van der Waals surface area contributed by atoms with Crippen molar-refractivity contribution < 1.29 is 14.4 Å². The number of amides is 2. The van der Waals surface area contributed by atoms with E-state index in [0.29, 0.717) is 12.0 Å².